The third-order valence-electron chi connectivity index (χ3n) is 11.4. The molecular formula is C57H76N6. The summed E-state index contributed by atoms with van der Waals surface area (Å²) in [4.78, 5) is 15.0. The summed E-state index contributed by atoms with van der Waals surface area (Å²) in [5, 5.41) is 0. The van der Waals surface area contributed by atoms with Crippen LogP contribution < -0.4 is 24.5 Å². The molecule has 334 valence electrons. The lowest BCUT2D eigenvalue weighted by Gasteiger charge is -2.17. The summed E-state index contributed by atoms with van der Waals surface area (Å²) in [6, 6.07) is 44.0. The van der Waals surface area contributed by atoms with Crippen molar-refractivity contribution >= 4 is 39.7 Å². The zero-order valence-corrected chi connectivity index (χ0v) is 40.8. The first kappa shape index (κ1) is 49.6. The molecule has 63 heavy (non-hydrogen) atoms. The molecule has 0 radical (unpaired) electrons. The fraction of sp³-hybridized carbons (Fsp3) is 0.351. The molecule has 0 N–H and O–H groups in total. The molecule has 0 aromatic heterocycles. The first-order chi connectivity index (χ1) is 30.2. The summed E-state index contributed by atoms with van der Waals surface area (Å²) in [5.74, 6) is 1.10. The smallest absolute Gasteiger partial charge is 0.0568 e. The second-order valence-electron chi connectivity index (χ2n) is 17.4. The van der Waals surface area contributed by atoms with E-state index in [-0.39, 0.29) is 0 Å². The molecule has 0 spiro atoms. The largest absolute Gasteiger partial charge is 0.378 e. The van der Waals surface area contributed by atoms with Crippen LogP contribution in [0.2, 0.25) is 0 Å². The van der Waals surface area contributed by atoms with Crippen LogP contribution in [0.25, 0.3) is 5.57 Å². The minimum absolute atomic E-state index is 0.487. The van der Waals surface area contributed by atoms with E-state index < -0.39 is 0 Å². The van der Waals surface area contributed by atoms with E-state index in [1.54, 1.807) is 0 Å². The quantitative estimate of drug-likeness (QED) is 0.105. The van der Waals surface area contributed by atoms with E-state index in [1.165, 1.54) is 74.7 Å². The highest BCUT2D eigenvalue weighted by atomic mass is 15.1. The minimum Gasteiger partial charge on any atom is -0.378 e. The Morgan fingerprint density at radius 1 is 0.460 bits per heavy atom. The Kier molecular flexibility index (Phi) is 19.8. The highest BCUT2D eigenvalue weighted by molar-refractivity contribution is 6.04. The van der Waals surface area contributed by atoms with Gasteiger partial charge in [-0.3, -0.25) is 4.99 Å². The van der Waals surface area contributed by atoms with E-state index in [2.05, 4.69) is 272 Å². The van der Waals surface area contributed by atoms with Gasteiger partial charge in [-0.25, -0.2) is 0 Å². The number of rotatable bonds is 15. The zero-order valence-electron chi connectivity index (χ0n) is 40.8. The van der Waals surface area contributed by atoms with E-state index in [9.17, 15) is 0 Å². The molecule has 0 amide bonds. The topological polar surface area (TPSA) is 28.6 Å². The number of benzene rings is 5. The number of allylic oxidation sites excluding steroid dienone is 5. The normalized spacial score (nSPS) is 12.7. The molecular weight excluding hydrogens is 769 g/mol. The fourth-order valence-corrected chi connectivity index (χ4v) is 7.25. The van der Waals surface area contributed by atoms with Gasteiger partial charge in [-0.1, -0.05) is 92.7 Å². The molecule has 5 aromatic carbocycles. The molecule has 0 atom stereocenters. The SMILES string of the molecule is CCC(C=C(c1ccc(N(C)C)cc1)c1ccc(N(C)C)cc1)CC.CCN=C1C=CC(Cc2ccc(N(C)C)cc2)C=C1.CN(C)c1ccc(Cc2ccc(N(C)C)cc2)cc1. The second kappa shape index (κ2) is 25.2. The molecule has 1 aliphatic rings. The minimum atomic E-state index is 0.487. The third kappa shape index (κ3) is 16.0. The van der Waals surface area contributed by atoms with E-state index in [0.29, 0.717) is 11.8 Å². The molecule has 0 aliphatic heterocycles. The van der Waals surface area contributed by atoms with E-state index in [0.717, 1.165) is 25.1 Å². The molecule has 0 saturated carbocycles. The zero-order chi connectivity index (χ0) is 45.9. The van der Waals surface area contributed by atoms with Crippen LogP contribution >= 0.6 is 0 Å². The summed E-state index contributed by atoms with van der Waals surface area (Å²) in [6.45, 7) is 7.45. The highest BCUT2D eigenvalue weighted by Crippen LogP contribution is 2.30. The number of hydrogen-bond acceptors (Lipinski definition) is 6. The monoisotopic (exact) mass is 845 g/mol. The average Bonchev–Trinajstić information content (AvgIpc) is 3.29. The lowest BCUT2D eigenvalue weighted by Crippen LogP contribution is -2.09. The molecule has 0 bridgehead atoms. The van der Waals surface area contributed by atoms with Crippen molar-refractivity contribution in [3.63, 3.8) is 0 Å². The summed E-state index contributed by atoms with van der Waals surface area (Å²) in [7, 11) is 20.7. The van der Waals surface area contributed by atoms with Crippen LogP contribution in [0.1, 0.15) is 61.4 Å². The number of nitrogens with zero attached hydrogens (tertiary/aromatic N) is 6. The van der Waals surface area contributed by atoms with Crippen molar-refractivity contribution in [2.75, 3.05) is 102 Å². The first-order valence-electron chi connectivity index (χ1n) is 22.7. The van der Waals surface area contributed by atoms with Crippen molar-refractivity contribution in [2.45, 2.75) is 46.5 Å². The molecule has 6 heteroatoms. The maximum absolute atomic E-state index is 4.39. The Balaban J connectivity index is 0.000000210. The van der Waals surface area contributed by atoms with E-state index in [1.807, 2.05) is 0 Å². The predicted octanol–water partition coefficient (Wildman–Crippen LogP) is 12.6. The summed E-state index contributed by atoms with van der Waals surface area (Å²) in [6.07, 6.45) is 15.6. The van der Waals surface area contributed by atoms with Gasteiger partial charge < -0.3 is 24.5 Å². The van der Waals surface area contributed by atoms with Crippen molar-refractivity contribution in [1.29, 1.82) is 0 Å². The lowest BCUT2D eigenvalue weighted by atomic mass is 9.91. The Hall–Kier alpha value is -6.01. The summed E-state index contributed by atoms with van der Waals surface area (Å²) >= 11 is 0. The van der Waals surface area contributed by atoms with Crippen LogP contribution in [0.3, 0.4) is 0 Å². The van der Waals surface area contributed by atoms with Crippen molar-refractivity contribution in [3.8, 4) is 0 Å². The maximum atomic E-state index is 4.39. The third-order valence-corrected chi connectivity index (χ3v) is 11.4. The van der Waals surface area contributed by atoms with E-state index >= 15 is 0 Å². The van der Waals surface area contributed by atoms with Gasteiger partial charge in [0.05, 0.1) is 5.71 Å². The Labute approximate surface area is 382 Å². The highest BCUT2D eigenvalue weighted by Gasteiger charge is 2.11. The molecule has 0 saturated heterocycles. The molecule has 0 heterocycles. The Bertz CT molecular complexity index is 2060. The molecule has 1 aliphatic carbocycles. The van der Waals surface area contributed by atoms with Gasteiger partial charge in [-0.05, 0) is 151 Å². The van der Waals surface area contributed by atoms with Crippen LogP contribution in [0.4, 0.5) is 28.4 Å². The van der Waals surface area contributed by atoms with Crippen LogP contribution in [0, 0.1) is 11.8 Å². The van der Waals surface area contributed by atoms with Gasteiger partial charge >= 0.3 is 0 Å². The summed E-state index contributed by atoms with van der Waals surface area (Å²) in [5.41, 5.74) is 15.3. The van der Waals surface area contributed by atoms with Crippen molar-refractivity contribution in [1.82, 2.24) is 0 Å². The van der Waals surface area contributed by atoms with Crippen LogP contribution in [-0.2, 0) is 12.8 Å². The van der Waals surface area contributed by atoms with E-state index in [4.69, 9.17) is 0 Å². The van der Waals surface area contributed by atoms with Crippen molar-refractivity contribution in [2.24, 2.45) is 16.8 Å². The van der Waals surface area contributed by atoms with Crippen LogP contribution in [0.5, 0.6) is 0 Å². The van der Waals surface area contributed by atoms with Crippen molar-refractivity contribution in [3.05, 3.63) is 180 Å². The first-order valence-corrected chi connectivity index (χ1v) is 22.7. The summed E-state index contributed by atoms with van der Waals surface area (Å²) < 4.78 is 0. The molecule has 0 unspecified atom stereocenters. The maximum Gasteiger partial charge on any atom is 0.0568 e. The van der Waals surface area contributed by atoms with Crippen LogP contribution in [0.15, 0.2) is 157 Å². The second-order valence-corrected chi connectivity index (χ2v) is 17.4. The number of aliphatic imine (C=N–C) groups is 1. The number of hydrogen-bond donors (Lipinski definition) is 0. The standard InChI is InChI=1S/C23H32N2.2C17H22N2/c1-7-18(8-2)17-23(19-9-13-21(14-10-19)24(3)4)20-11-15-22(16-12-20)25(5)6;1-18(2)16-9-5-14(6-10-16)13-15-7-11-17(12-8-15)19(3)4;1-4-18-16-9-5-14(6-10-16)13-15-7-11-17(12-8-15)19(2)3/h9-18H,7-8H2,1-6H3;5-12H,13H2,1-4H3;5-12,14H,4,13H2,1-3H3. The van der Waals surface area contributed by atoms with Gasteiger partial charge in [-0.2, -0.15) is 0 Å². The van der Waals surface area contributed by atoms with Gasteiger partial charge in [0, 0.05) is 105 Å². The van der Waals surface area contributed by atoms with Crippen LogP contribution in [-0.4, -0.2) is 82.7 Å². The predicted molar refractivity (Wildman–Crippen MR) is 281 cm³/mol. The number of anilines is 5. The lowest BCUT2D eigenvalue weighted by molar-refractivity contribution is 0.607. The molecule has 6 rings (SSSR count). The van der Waals surface area contributed by atoms with Gasteiger partial charge in [0.2, 0.25) is 0 Å². The van der Waals surface area contributed by atoms with Crippen molar-refractivity contribution < 1.29 is 0 Å². The average molecular weight is 845 g/mol. The molecule has 6 nitrogen and oxygen atoms in total. The fourth-order valence-electron chi connectivity index (χ4n) is 7.25. The molecule has 5 aromatic rings. The van der Waals surface area contributed by atoms with Gasteiger partial charge in [0.15, 0.2) is 0 Å². The molecule has 0 fully saturated rings. The Morgan fingerprint density at radius 2 is 0.778 bits per heavy atom. The van der Waals surface area contributed by atoms with Gasteiger partial charge in [-0.15, -0.1) is 0 Å². The van der Waals surface area contributed by atoms with Gasteiger partial charge in [0.1, 0.15) is 0 Å². The Morgan fingerprint density at radius 3 is 1.08 bits per heavy atom. The van der Waals surface area contributed by atoms with Gasteiger partial charge in [0.25, 0.3) is 0 Å².